The highest BCUT2D eigenvalue weighted by atomic mass is 32.1. The van der Waals surface area contributed by atoms with Gasteiger partial charge in [0.25, 0.3) is 5.91 Å². The number of amides is 1. The monoisotopic (exact) mass is 303 g/mol. The van der Waals surface area contributed by atoms with E-state index in [1.54, 1.807) is 0 Å². The van der Waals surface area contributed by atoms with Crippen molar-refractivity contribution < 1.29 is 9.32 Å². The second kappa shape index (κ2) is 5.26. The van der Waals surface area contributed by atoms with Crippen molar-refractivity contribution in [2.45, 2.75) is 31.6 Å². The van der Waals surface area contributed by atoms with E-state index >= 15 is 0 Å². The van der Waals surface area contributed by atoms with Gasteiger partial charge in [-0.05, 0) is 36.6 Å². The van der Waals surface area contributed by atoms with Gasteiger partial charge in [-0.15, -0.1) is 11.3 Å². The second-order valence-electron chi connectivity index (χ2n) is 5.91. The molecule has 5 nitrogen and oxygen atoms in total. The fourth-order valence-electron chi connectivity index (χ4n) is 2.84. The van der Waals surface area contributed by atoms with Crippen LogP contribution in [0.15, 0.2) is 22.0 Å². The average Bonchev–Trinajstić information content (AvgIpc) is 2.96. The van der Waals surface area contributed by atoms with Crippen molar-refractivity contribution in [1.82, 2.24) is 15.0 Å². The largest absolute Gasteiger partial charge is 0.339 e. The molecule has 1 aliphatic heterocycles. The summed E-state index contributed by atoms with van der Waals surface area (Å²) in [6.45, 7) is 1.62. The van der Waals surface area contributed by atoms with E-state index in [0.29, 0.717) is 11.8 Å². The van der Waals surface area contributed by atoms with Crippen LogP contribution in [0.5, 0.6) is 0 Å². The lowest BCUT2D eigenvalue weighted by Crippen LogP contribution is -2.28. The van der Waals surface area contributed by atoms with Gasteiger partial charge in [0.2, 0.25) is 5.89 Å². The lowest BCUT2D eigenvalue weighted by Gasteiger charge is -2.14. The number of nitrogens with zero attached hydrogens (tertiary/aromatic N) is 3. The molecular weight excluding hydrogens is 286 g/mol. The Morgan fingerprint density at radius 1 is 1.43 bits per heavy atom. The van der Waals surface area contributed by atoms with Crippen LogP contribution in [0.2, 0.25) is 0 Å². The third-order valence-corrected chi connectivity index (χ3v) is 5.04. The van der Waals surface area contributed by atoms with Crippen molar-refractivity contribution >= 4 is 17.2 Å². The molecule has 6 heteroatoms. The highest BCUT2D eigenvalue weighted by Gasteiger charge is 2.31. The Hall–Kier alpha value is -1.69. The quantitative estimate of drug-likeness (QED) is 0.871. The molecule has 1 amide bonds. The molecule has 1 atom stereocenters. The number of hydrogen-bond donors (Lipinski definition) is 0. The second-order valence-corrected chi connectivity index (χ2v) is 6.86. The highest BCUT2D eigenvalue weighted by molar-refractivity contribution is 7.12. The van der Waals surface area contributed by atoms with E-state index in [1.807, 2.05) is 22.4 Å². The van der Waals surface area contributed by atoms with Gasteiger partial charge in [-0.25, -0.2) is 0 Å². The Labute approximate surface area is 127 Å². The maximum absolute atomic E-state index is 12.3. The van der Waals surface area contributed by atoms with Crippen molar-refractivity contribution in [3.8, 4) is 0 Å². The van der Waals surface area contributed by atoms with Gasteiger partial charge < -0.3 is 9.42 Å². The summed E-state index contributed by atoms with van der Waals surface area (Å²) < 4.78 is 5.29. The fourth-order valence-corrected chi connectivity index (χ4v) is 3.54. The normalized spacial score (nSPS) is 21.9. The molecule has 0 N–H and O–H groups in total. The molecule has 2 aromatic heterocycles. The van der Waals surface area contributed by atoms with Crippen LogP contribution in [0.4, 0.5) is 0 Å². The molecule has 0 bridgehead atoms. The fraction of sp³-hybridized carbons (Fsp3) is 0.533. The highest BCUT2D eigenvalue weighted by Crippen LogP contribution is 2.39. The van der Waals surface area contributed by atoms with Crippen LogP contribution >= 0.6 is 11.3 Å². The minimum absolute atomic E-state index is 0.152. The lowest BCUT2D eigenvalue weighted by atomic mass is 10.1. The predicted octanol–water partition coefficient (Wildman–Crippen LogP) is 2.71. The van der Waals surface area contributed by atoms with Crippen molar-refractivity contribution in [3.05, 3.63) is 34.1 Å². The number of carbonyl (C=O) groups is 1. The summed E-state index contributed by atoms with van der Waals surface area (Å²) in [5, 5.41) is 6.02. The first-order valence-electron chi connectivity index (χ1n) is 7.45. The smallest absolute Gasteiger partial charge is 0.263 e. The molecule has 1 aliphatic carbocycles. The van der Waals surface area contributed by atoms with Gasteiger partial charge in [-0.1, -0.05) is 11.2 Å². The number of hydrogen-bond acceptors (Lipinski definition) is 5. The standard InChI is InChI=1S/C15H17N3O2S/c19-15(12-2-1-7-21-12)18-6-5-10(9-18)8-13-16-14(20-17-13)11-3-4-11/h1-2,7,10-11H,3-6,8-9H2. The molecule has 0 aromatic carbocycles. The van der Waals surface area contributed by atoms with Crippen LogP contribution in [0.3, 0.4) is 0 Å². The van der Waals surface area contributed by atoms with Crippen molar-refractivity contribution in [2.24, 2.45) is 5.92 Å². The summed E-state index contributed by atoms with van der Waals surface area (Å²) in [5.41, 5.74) is 0. The maximum Gasteiger partial charge on any atom is 0.263 e. The molecule has 0 spiro atoms. The van der Waals surface area contributed by atoms with Crippen molar-refractivity contribution in [1.29, 1.82) is 0 Å². The summed E-state index contributed by atoms with van der Waals surface area (Å²) >= 11 is 1.51. The van der Waals surface area contributed by atoms with Crippen molar-refractivity contribution in [3.63, 3.8) is 0 Å². The van der Waals surface area contributed by atoms with E-state index < -0.39 is 0 Å². The van der Waals surface area contributed by atoms with Crippen LogP contribution < -0.4 is 0 Å². The number of aromatic nitrogens is 2. The summed E-state index contributed by atoms with van der Waals surface area (Å²) in [7, 11) is 0. The molecule has 1 unspecified atom stereocenters. The minimum Gasteiger partial charge on any atom is -0.339 e. The molecule has 2 fully saturated rings. The van der Waals surface area contributed by atoms with E-state index in [0.717, 1.165) is 42.5 Å². The number of thiophene rings is 1. The van der Waals surface area contributed by atoms with E-state index in [1.165, 1.54) is 24.2 Å². The van der Waals surface area contributed by atoms with E-state index in [9.17, 15) is 4.79 Å². The third-order valence-electron chi connectivity index (χ3n) is 4.19. The number of rotatable bonds is 4. The molecule has 1 saturated carbocycles. The summed E-state index contributed by atoms with van der Waals surface area (Å²) in [6.07, 6.45) is 4.18. The lowest BCUT2D eigenvalue weighted by molar-refractivity contribution is 0.0791. The molecule has 21 heavy (non-hydrogen) atoms. The van der Waals surface area contributed by atoms with Gasteiger partial charge in [-0.2, -0.15) is 4.98 Å². The molecule has 2 aliphatic rings. The Balaban J connectivity index is 1.36. The molecule has 2 aromatic rings. The van der Waals surface area contributed by atoms with Gasteiger partial charge >= 0.3 is 0 Å². The predicted molar refractivity (Wildman–Crippen MR) is 78.3 cm³/mol. The average molecular weight is 303 g/mol. The van der Waals surface area contributed by atoms with Gasteiger partial charge in [0.1, 0.15) is 0 Å². The Morgan fingerprint density at radius 2 is 2.33 bits per heavy atom. The minimum atomic E-state index is 0.152. The summed E-state index contributed by atoms with van der Waals surface area (Å²) in [6, 6.07) is 3.81. The Bertz CT molecular complexity index is 633. The van der Waals surface area contributed by atoms with Gasteiger partial charge in [-0.3, -0.25) is 4.79 Å². The van der Waals surface area contributed by atoms with Crippen LogP contribution in [-0.2, 0) is 6.42 Å². The molecule has 4 rings (SSSR count). The molecule has 0 radical (unpaired) electrons. The van der Waals surface area contributed by atoms with Crippen LogP contribution in [0.25, 0.3) is 0 Å². The zero-order valence-electron chi connectivity index (χ0n) is 11.7. The first-order valence-corrected chi connectivity index (χ1v) is 8.33. The molecule has 3 heterocycles. The maximum atomic E-state index is 12.3. The topological polar surface area (TPSA) is 59.2 Å². The Kier molecular flexibility index (Phi) is 3.25. The summed E-state index contributed by atoms with van der Waals surface area (Å²) in [4.78, 5) is 19.5. The van der Waals surface area contributed by atoms with Crippen LogP contribution in [-0.4, -0.2) is 34.0 Å². The van der Waals surface area contributed by atoms with Crippen LogP contribution in [0.1, 0.15) is 46.6 Å². The van der Waals surface area contributed by atoms with E-state index in [4.69, 9.17) is 4.52 Å². The molecule has 1 saturated heterocycles. The van der Waals surface area contributed by atoms with Gasteiger partial charge in [0.15, 0.2) is 5.82 Å². The molecule has 110 valence electrons. The van der Waals surface area contributed by atoms with Gasteiger partial charge in [0.05, 0.1) is 4.88 Å². The SMILES string of the molecule is O=C(c1cccs1)N1CCC(Cc2noc(C3CC3)n2)C1. The zero-order valence-corrected chi connectivity index (χ0v) is 12.5. The van der Waals surface area contributed by atoms with Crippen LogP contribution in [0, 0.1) is 5.92 Å². The Morgan fingerprint density at radius 3 is 3.10 bits per heavy atom. The first-order chi connectivity index (χ1) is 10.3. The summed E-state index contributed by atoms with van der Waals surface area (Å²) in [5.74, 6) is 2.70. The number of carbonyl (C=O) groups excluding carboxylic acids is 1. The third kappa shape index (κ3) is 2.72. The first kappa shape index (κ1) is 13.0. The van der Waals surface area contributed by atoms with Gasteiger partial charge in [0, 0.05) is 25.4 Å². The zero-order chi connectivity index (χ0) is 14.2. The van der Waals surface area contributed by atoms with E-state index in [-0.39, 0.29) is 5.91 Å². The molecular formula is C15H17N3O2S. The number of likely N-dealkylation sites (tertiary alicyclic amines) is 1. The van der Waals surface area contributed by atoms with E-state index in [2.05, 4.69) is 10.1 Å². The van der Waals surface area contributed by atoms with Crippen molar-refractivity contribution in [2.75, 3.05) is 13.1 Å².